The van der Waals surface area contributed by atoms with Crippen molar-refractivity contribution >= 4 is 96.9 Å². The van der Waals surface area contributed by atoms with Gasteiger partial charge in [-0.2, -0.15) is 36.4 Å². The van der Waals surface area contributed by atoms with Crippen LogP contribution in [-0.2, 0) is 62.1 Å². The molecule has 0 bridgehead atoms. The molecule has 0 aromatic heterocycles. The minimum absolute atomic E-state index is 0. The van der Waals surface area contributed by atoms with Crippen LogP contribution in [-0.4, -0.2) is 52.5 Å². The number of benzene rings is 17. The molecule has 0 saturated heterocycles. The largest absolute Gasteiger partial charge is 2.00 e. The van der Waals surface area contributed by atoms with Gasteiger partial charge < -0.3 is 12.4 Å². The third kappa shape index (κ3) is 32.1. The Bertz CT molecular complexity index is 5840. The summed E-state index contributed by atoms with van der Waals surface area (Å²) in [6.07, 6.45) is 0. The molecule has 0 aliphatic rings. The third-order valence-corrected chi connectivity index (χ3v) is 29.4. The van der Waals surface area contributed by atoms with Gasteiger partial charge in [0.1, 0.15) is 34.9 Å². The summed E-state index contributed by atoms with van der Waals surface area (Å²) >= 11 is 1.63. The Hall–Kier alpha value is -11.6. The molecule has 1 unspecified atom stereocenters. The fourth-order valence-electron chi connectivity index (χ4n) is 11.0. The molecule has 0 aliphatic carbocycles. The van der Waals surface area contributed by atoms with Gasteiger partial charge in [-0.15, -0.1) is 0 Å². The molecule has 0 heterocycles. The predicted molar refractivity (Wildman–Crippen MR) is 495 cm³/mol. The standard InChI is InChI=1S/2C18H14FS.C13H12O2S.2C12H9FO2S.C12H9FOS.C12H9FS.C6H5.CH4.ClH.Mg/c2*19-15-11-13-18(14-12-15)20(16-7-3-1-4-8-16)17-9-5-2-6-10-17;1-11-7-9-13(10-8-11)16(14,15)12-5-3-2-4-6-12;2*13-10-6-8-12(9-7-10)16(14,15)11-4-2-1-3-5-11;13-10-6-8-12(9-7-10)15(14)11-4-2-1-3-5-11;13-10-6-8-12(9-7-10)14-11-4-2-1-3-5-11;1-2-4-6-5-3-1;;;/h2*1-14H;2-10H,1H3;2*1-9H;1-9H;1-9H;1-5H;1H4;1H;/q2*+1;;;;;;-1;;;+2/p-1/i2*19-1;;4*13-1;;;;. The number of aryl methyl sites for hydroxylation is 1. The molecule has 22 heteroatoms. The molecular weight excluding hydrogens is 1750 g/mol. The number of hydrogen-bond acceptors (Lipinski definition) is 8. The molecule has 17 aromatic rings. The summed E-state index contributed by atoms with van der Waals surface area (Å²) in [7, 11) is -12.0. The van der Waals surface area contributed by atoms with Crippen LogP contribution >= 0.6 is 11.8 Å². The molecule has 17 aromatic carbocycles. The number of hydrogen-bond donors (Lipinski definition) is 0. The Morgan fingerprint density at radius 1 is 0.246 bits per heavy atom. The van der Waals surface area contributed by atoms with Crippen LogP contribution in [0.3, 0.4) is 0 Å². The molecule has 0 radical (unpaired) electrons. The normalized spacial score (nSPS) is 10.7. The fourth-order valence-corrected chi connectivity index (χ4v) is 21.0. The van der Waals surface area contributed by atoms with E-state index in [0.717, 1.165) is 49.4 Å². The summed E-state index contributed by atoms with van der Waals surface area (Å²) in [6.45, 7) is 1.93. The van der Waals surface area contributed by atoms with Gasteiger partial charge in [0.2, 0.25) is 29.5 Å². The first-order chi connectivity index (χ1) is 59.6. The molecular formula is C104H85ClF6MgO7S7+2. The summed E-state index contributed by atoms with van der Waals surface area (Å²) < 4.78 is 161. The molecule has 7 nitrogen and oxygen atoms in total. The topological polar surface area (TPSA) is 119 Å². The monoisotopic (exact) mass is 1840 g/mol. The Morgan fingerprint density at radius 3 is 0.714 bits per heavy atom. The molecule has 126 heavy (non-hydrogen) atoms. The predicted octanol–water partition coefficient (Wildman–Crippen LogP) is 23.7. The van der Waals surface area contributed by atoms with E-state index in [0.29, 0.717) is 14.7 Å². The molecule has 0 saturated carbocycles. The summed E-state index contributed by atoms with van der Waals surface area (Å²) in [5, 5.41) is 0. The van der Waals surface area contributed by atoms with E-state index in [1.807, 2.05) is 183 Å². The Balaban J connectivity index is 0.000000199. The Labute approximate surface area is 770 Å². The minimum atomic E-state index is -3.52. The average molecular weight is 1840 g/mol. The fraction of sp³-hybridized carbons (Fsp3) is 0.0192. The van der Waals surface area contributed by atoms with Crippen molar-refractivity contribution in [3.8, 4) is 0 Å². The summed E-state index contributed by atoms with van der Waals surface area (Å²) in [6, 6.07) is 140. The Morgan fingerprint density at radius 2 is 0.444 bits per heavy atom. The molecule has 0 N–H and O–H groups in total. The Kier molecular flexibility index (Phi) is 42.7. The van der Waals surface area contributed by atoms with E-state index in [4.69, 9.17) is 0 Å². The zero-order chi connectivity index (χ0) is 87.1. The van der Waals surface area contributed by atoms with Crippen molar-refractivity contribution in [1.29, 1.82) is 0 Å². The van der Waals surface area contributed by atoms with Crippen molar-refractivity contribution in [3.63, 3.8) is 0 Å². The number of halogens is 7. The second-order valence-electron chi connectivity index (χ2n) is 25.9. The van der Waals surface area contributed by atoms with Crippen molar-refractivity contribution in [1.82, 2.24) is 0 Å². The van der Waals surface area contributed by atoms with Crippen molar-refractivity contribution < 1.29 is 68.2 Å². The molecule has 0 fully saturated rings. The van der Waals surface area contributed by atoms with Crippen LogP contribution in [0, 0.1) is 47.9 Å². The average Bonchev–Trinajstić information content (AvgIpc) is 0.797. The van der Waals surface area contributed by atoms with E-state index in [1.165, 1.54) is 122 Å². The molecule has 0 spiro atoms. The number of sulfone groups is 3. The summed E-state index contributed by atoms with van der Waals surface area (Å²) in [5.41, 5.74) is 1.05. The van der Waals surface area contributed by atoms with Gasteiger partial charge in [-0.05, 0) is 274 Å². The van der Waals surface area contributed by atoms with Crippen LogP contribution in [0.25, 0.3) is 0 Å². The maximum atomic E-state index is 13.2. The molecule has 17 rings (SSSR count). The maximum absolute atomic E-state index is 13.2. The maximum Gasteiger partial charge on any atom is 2.00 e. The molecule has 0 amide bonds. The van der Waals surface area contributed by atoms with Gasteiger partial charge in [0.15, 0.2) is 29.4 Å². The van der Waals surface area contributed by atoms with Gasteiger partial charge in [0, 0.05) is 19.6 Å². The van der Waals surface area contributed by atoms with Gasteiger partial charge in [-0.3, -0.25) is 0 Å². The van der Waals surface area contributed by atoms with Gasteiger partial charge in [0.05, 0.1) is 62.0 Å². The third-order valence-electron chi connectivity index (χ3n) is 17.1. The second kappa shape index (κ2) is 53.0. The van der Waals surface area contributed by atoms with Crippen molar-refractivity contribution in [2.45, 2.75) is 92.7 Å². The van der Waals surface area contributed by atoms with E-state index in [1.54, 1.807) is 139 Å². The van der Waals surface area contributed by atoms with Gasteiger partial charge in [0.25, 0.3) is 0 Å². The second-order valence-corrected chi connectivity index (χ2v) is 38.5. The first kappa shape index (κ1) is 102. The van der Waals surface area contributed by atoms with Crippen molar-refractivity contribution in [2.24, 2.45) is 0 Å². The van der Waals surface area contributed by atoms with Crippen LogP contribution in [0.15, 0.2) is 552 Å². The van der Waals surface area contributed by atoms with Crippen LogP contribution in [0.5, 0.6) is 0 Å². The first-order valence-electron chi connectivity index (χ1n) is 37.9. The van der Waals surface area contributed by atoms with Crippen LogP contribution in [0.4, 0.5) is 26.3 Å². The summed E-state index contributed by atoms with van der Waals surface area (Å²) in [5.74, 6) is -1.80. The van der Waals surface area contributed by atoms with Gasteiger partial charge in [-0.1, -0.05) is 201 Å². The first-order valence-corrected chi connectivity index (χ1v) is 46.8. The SMILES string of the molecule is C.Cc1ccc(S(=O)(=O)c2ccccc2)cc1.O=S(=O)(c1ccccc1)c1ccc([18F])cc1.O=S(=O)(c1ccccc1)c1ccc([18F])cc1.O=S(c1ccccc1)c1ccc([18F])cc1.[18F]c1ccc(Sc2ccccc2)cc1.[18F]c1ccc([S+](c2ccccc2)c2ccccc2)cc1.[18F]c1ccc([S+](c2ccccc2)c2ccccc2)cc1.[Cl-].[Mg+2].[c-]1ccccc1. The van der Waals surface area contributed by atoms with Crippen LogP contribution in [0.2, 0.25) is 0 Å². The van der Waals surface area contributed by atoms with Crippen molar-refractivity contribution in [3.05, 3.63) is 520 Å². The molecule has 1 atom stereocenters. The van der Waals surface area contributed by atoms with Gasteiger partial charge >= 0.3 is 23.1 Å². The quantitative estimate of drug-likeness (QED) is 0.0308. The van der Waals surface area contributed by atoms with E-state index < -0.39 is 51.9 Å². The minimum Gasteiger partial charge on any atom is -1.00 e. The van der Waals surface area contributed by atoms with E-state index >= 15 is 0 Å². The van der Waals surface area contributed by atoms with Crippen molar-refractivity contribution in [2.75, 3.05) is 0 Å². The molecule has 0 aliphatic heterocycles. The number of rotatable bonds is 16. The summed E-state index contributed by atoms with van der Waals surface area (Å²) in [4.78, 5) is 12.1. The smallest absolute Gasteiger partial charge is 1.00 e. The van der Waals surface area contributed by atoms with Crippen LogP contribution in [0.1, 0.15) is 13.0 Å². The van der Waals surface area contributed by atoms with E-state index in [2.05, 4.69) is 54.6 Å². The van der Waals surface area contributed by atoms with Crippen LogP contribution < -0.4 is 12.4 Å². The van der Waals surface area contributed by atoms with E-state index in [-0.39, 0.29) is 108 Å². The van der Waals surface area contributed by atoms with Gasteiger partial charge in [-0.25, -0.2) is 55.8 Å². The van der Waals surface area contributed by atoms with E-state index in [9.17, 15) is 55.8 Å². The zero-order valence-corrected chi connectivity index (χ0v) is 75.0. The molecule has 634 valence electrons. The zero-order valence-electron chi connectivity index (χ0n) is 67.1.